The Kier molecular flexibility index (Phi) is 8.68. The van der Waals surface area contributed by atoms with E-state index in [2.05, 4.69) is 46.5 Å². The SMILES string of the molecule is CC(C)CC(O)CNCc1csc(Br)c1.Cl. The first-order valence-corrected chi connectivity index (χ1v) is 6.87. The highest BCUT2D eigenvalue weighted by Gasteiger charge is 2.06. The lowest BCUT2D eigenvalue weighted by Crippen LogP contribution is -2.27. The monoisotopic (exact) mass is 327 g/mol. The molecule has 0 aliphatic carbocycles. The summed E-state index contributed by atoms with van der Waals surface area (Å²) in [6.45, 7) is 5.75. The zero-order valence-corrected chi connectivity index (χ0v) is 12.8. The first kappa shape index (κ1) is 16.4. The van der Waals surface area contributed by atoms with Crippen molar-refractivity contribution >= 4 is 39.7 Å². The molecular formula is C11H19BrClNOS. The van der Waals surface area contributed by atoms with Crippen molar-refractivity contribution in [3.8, 4) is 0 Å². The third kappa shape index (κ3) is 6.86. The van der Waals surface area contributed by atoms with Crippen molar-refractivity contribution in [3.05, 3.63) is 20.8 Å². The van der Waals surface area contributed by atoms with Gasteiger partial charge in [0, 0.05) is 13.1 Å². The van der Waals surface area contributed by atoms with E-state index in [4.69, 9.17) is 0 Å². The van der Waals surface area contributed by atoms with E-state index in [1.165, 1.54) is 5.56 Å². The molecule has 0 saturated heterocycles. The quantitative estimate of drug-likeness (QED) is 0.838. The number of hydrogen-bond acceptors (Lipinski definition) is 3. The minimum Gasteiger partial charge on any atom is -0.392 e. The van der Waals surface area contributed by atoms with Crippen molar-refractivity contribution in [3.63, 3.8) is 0 Å². The predicted octanol–water partition coefficient (Wildman–Crippen LogP) is 3.43. The number of thiophene rings is 1. The lowest BCUT2D eigenvalue weighted by atomic mass is 10.1. The third-order valence-corrected chi connectivity index (χ3v) is 3.63. The Hall–Kier alpha value is 0.390. The Morgan fingerprint density at radius 1 is 1.50 bits per heavy atom. The van der Waals surface area contributed by atoms with Crippen LogP contribution >= 0.6 is 39.7 Å². The Morgan fingerprint density at radius 3 is 2.69 bits per heavy atom. The first-order valence-electron chi connectivity index (χ1n) is 5.19. The highest BCUT2D eigenvalue weighted by molar-refractivity contribution is 9.11. The van der Waals surface area contributed by atoms with Crippen LogP contribution < -0.4 is 5.32 Å². The predicted molar refractivity (Wildman–Crippen MR) is 76.4 cm³/mol. The van der Waals surface area contributed by atoms with Crippen molar-refractivity contribution in [2.24, 2.45) is 5.92 Å². The van der Waals surface area contributed by atoms with Crippen LogP contribution in [0, 0.1) is 5.92 Å². The highest BCUT2D eigenvalue weighted by Crippen LogP contribution is 2.20. The molecule has 0 aliphatic heterocycles. The Morgan fingerprint density at radius 2 is 2.19 bits per heavy atom. The number of aliphatic hydroxyl groups excluding tert-OH is 1. The van der Waals surface area contributed by atoms with E-state index < -0.39 is 0 Å². The van der Waals surface area contributed by atoms with Crippen LogP contribution in [0.25, 0.3) is 0 Å². The molecule has 2 N–H and O–H groups in total. The lowest BCUT2D eigenvalue weighted by Gasteiger charge is -2.13. The fraction of sp³-hybridized carbons (Fsp3) is 0.636. The summed E-state index contributed by atoms with van der Waals surface area (Å²) in [4.78, 5) is 0. The molecular weight excluding hydrogens is 310 g/mol. The maximum absolute atomic E-state index is 9.63. The van der Waals surface area contributed by atoms with E-state index in [9.17, 15) is 5.11 Å². The van der Waals surface area contributed by atoms with Crippen molar-refractivity contribution in [2.75, 3.05) is 6.54 Å². The Labute approximate surface area is 116 Å². The van der Waals surface area contributed by atoms with Crippen molar-refractivity contribution in [2.45, 2.75) is 32.9 Å². The maximum Gasteiger partial charge on any atom is 0.0701 e. The lowest BCUT2D eigenvalue weighted by molar-refractivity contribution is 0.146. The molecule has 1 aromatic rings. The molecule has 94 valence electrons. The molecule has 1 atom stereocenters. The molecule has 0 fully saturated rings. The summed E-state index contributed by atoms with van der Waals surface area (Å²) in [7, 11) is 0. The van der Waals surface area contributed by atoms with Crippen LogP contribution in [0.3, 0.4) is 0 Å². The van der Waals surface area contributed by atoms with Gasteiger partial charge in [-0.15, -0.1) is 23.7 Å². The summed E-state index contributed by atoms with van der Waals surface area (Å²) >= 11 is 5.12. The number of aliphatic hydroxyl groups is 1. The van der Waals surface area contributed by atoms with Gasteiger partial charge in [-0.3, -0.25) is 0 Å². The van der Waals surface area contributed by atoms with Crippen molar-refractivity contribution in [1.82, 2.24) is 5.32 Å². The van der Waals surface area contributed by atoms with Gasteiger partial charge < -0.3 is 10.4 Å². The van der Waals surface area contributed by atoms with Gasteiger partial charge in [0.25, 0.3) is 0 Å². The van der Waals surface area contributed by atoms with Crippen molar-refractivity contribution < 1.29 is 5.11 Å². The molecule has 0 aliphatic rings. The van der Waals surface area contributed by atoms with Crippen LogP contribution in [-0.2, 0) is 6.54 Å². The van der Waals surface area contributed by atoms with Crippen molar-refractivity contribution in [1.29, 1.82) is 0 Å². The number of nitrogens with one attached hydrogen (secondary N) is 1. The minimum atomic E-state index is -0.230. The summed E-state index contributed by atoms with van der Waals surface area (Å²) in [6.07, 6.45) is 0.632. The van der Waals surface area contributed by atoms with Gasteiger partial charge in [-0.05, 0) is 45.3 Å². The molecule has 1 heterocycles. The molecule has 2 nitrogen and oxygen atoms in total. The van der Waals surface area contributed by atoms with E-state index in [0.717, 1.165) is 16.8 Å². The van der Waals surface area contributed by atoms with Gasteiger partial charge in [-0.1, -0.05) is 13.8 Å². The molecule has 0 amide bonds. The van der Waals surface area contributed by atoms with Gasteiger partial charge in [0.05, 0.1) is 9.89 Å². The van der Waals surface area contributed by atoms with Gasteiger partial charge in [-0.2, -0.15) is 0 Å². The highest BCUT2D eigenvalue weighted by atomic mass is 79.9. The van der Waals surface area contributed by atoms with Crippen LogP contribution in [-0.4, -0.2) is 17.8 Å². The zero-order valence-electron chi connectivity index (χ0n) is 9.57. The molecule has 16 heavy (non-hydrogen) atoms. The third-order valence-electron chi connectivity index (χ3n) is 2.07. The molecule has 5 heteroatoms. The first-order chi connectivity index (χ1) is 7.08. The topological polar surface area (TPSA) is 32.3 Å². The number of rotatable bonds is 6. The Bertz CT molecular complexity index is 293. The van der Waals surface area contributed by atoms with Crippen LogP contribution in [0.2, 0.25) is 0 Å². The van der Waals surface area contributed by atoms with Gasteiger partial charge >= 0.3 is 0 Å². The van der Waals surface area contributed by atoms with E-state index >= 15 is 0 Å². The Balaban J connectivity index is 0.00000225. The van der Waals surface area contributed by atoms with Crippen LogP contribution in [0.15, 0.2) is 15.2 Å². The molecule has 0 saturated carbocycles. The van der Waals surface area contributed by atoms with E-state index in [0.29, 0.717) is 12.5 Å². The van der Waals surface area contributed by atoms with Crippen LogP contribution in [0.4, 0.5) is 0 Å². The summed E-state index contributed by atoms with van der Waals surface area (Å²) in [5.74, 6) is 0.553. The molecule has 1 unspecified atom stereocenters. The maximum atomic E-state index is 9.63. The van der Waals surface area contributed by atoms with Crippen LogP contribution in [0.5, 0.6) is 0 Å². The summed E-state index contributed by atoms with van der Waals surface area (Å²) in [5, 5.41) is 15.0. The van der Waals surface area contributed by atoms with E-state index in [1.807, 2.05) is 0 Å². The summed E-state index contributed by atoms with van der Waals surface area (Å²) < 4.78 is 1.15. The average Bonchev–Trinajstić information content (AvgIpc) is 2.50. The molecule has 0 aromatic carbocycles. The molecule has 0 spiro atoms. The second-order valence-electron chi connectivity index (χ2n) is 4.17. The summed E-state index contributed by atoms with van der Waals surface area (Å²) in [5.41, 5.74) is 1.27. The molecule has 0 bridgehead atoms. The fourth-order valence-corrected chi connectivity index (χ4v) is 2.66. The van der Waals surface area contributed by atoms with E-state index in [1.54, 1.807) is 11.3 Å². The average molecular weight is 329 g/mol. The summed E-state index contributed by atoms with van der Waals surface area (Å²) in [6, 6.07) is 2.10. The molecule has 0 radical (unpaired) electrons. The second kappa shape index (κ2) is 8.48. The second-order valence-corrected chi connectivity index (χ2v) is 6.46. The van der Waals surface area contributed by atoms with Crippen LogP contribution in [0.1, 0.15) is 25.8 Å². The van der Waals surface area contributed by atoms with E-state index in [-0.39, 0.29) is 18.5 Å². The van der Waals surface area contributed by atoms with Gasteiger partial charge in [0.15, 0.2) is 0 Å². The zero-order chi connectivity index (χ0) is 11.3. The van der Waals surface area contributed by atoms with Gasteiger partial charge in [0.2, 0.25) is 0 Å². The van der Waals surface area contributed by atoms with Gasteiger partial charge in [-0.25, -0.2) is 0 Å². The minimum absolute atomic E-state index is 0. The van der Waals surface area contributed by atoms with Gasteiger partial charge in [0.1, 0.15) is 0 Å². The molecule has 1 rings (SSSR count). The number of hydrogen-bond donors (Lipinski definition) is 2. The normalized spacial score (nSPS) is 12.6. The fourth-order valence-electron chi connectivity index (χ4n) is 1.45. The number of halogens is 2. The smallest absolute Gasteiger partial charge is 0.0701 e. The standard InChI is InChI=1S/C11H18BrNOS.ClH/c1-8(2)3-10(14)6-13-5-9-4-11(12)15-7-9;/h4,7-8,10,13-14H,3,5-6H2,1-2H3;1H. The molecule has 1 aromatic heterocycles. The largest absolute Gasteiger partial charge is 0.392 e.